The topological polar surface area (TPSA) is 0 Å². The van der Waals surface area contributed by atoms with Crippen LogP contribution in [0.25, 0.3) is 23.3 Å². The average molecular weight is 859 g/mol. The molecule has 5 aromatic carbocycles. The molecule has 0 saturated carbocycles. The molecule has 56 heavy (non-hydrogen) atoms. The SMILES string of the molecule is CC(C)(C)c1cc[cH-]c1.CC(C)(C)c1ccc([C](=[Zr+2])c2ccc(C(C)(C)C)cc2)cc1.CC1(C)[C-]=Cc2cc3c(cc21)Cc1cc2c(cc1-3)C=CC2(C)C.[Cl-].[Cl-]. The Hall–Kier alpha value is -2.96. The van der Waals surface area contributed by atoms with Crippen molar-refractivity contribution in [2.75, 3.05) is 0 Å². The van der Waals surface area contributed by atoms with Gasteiger partial charge in [-0.05, 0) is 45.9 Å². The van der Waals surface area contributed by atoms with E-state index in [9.17, 15) is 0 Å². The van der Waals surface area contributed by atoms with Crippen molar-refractivity contribution in [1.29, 1.82) is 0 Å². The summed E-state index contributed by atoms with van der Waals surface area (Å²) in [6, 6.07) is 36.3. The summed E-state index contributed by atoms with van der Waals surface area (Å²) in [6.45, 7) is 29.4. The minimum atomic E-state index is 0. The zero-order valence-corrected chi connectivity index (χ0v) is 39.9. The van der Waals surface area contributed by atoms with Crippen LogP contribution in [0, 0.1) is 6.08 Å². The van der Waals surface area contributed by atoms with Crippen molar-refractivity contribution in [2.24, 2.45) is 0 Å². The Morgan fingerprint density at radius 3 is 1.50 bits per heavy atom. The van der Waals surface area contributed by atoms with Crippen LogP contribution in [0.1, 0.15) is 151 Å². The summed E-state index contributed by atoms with van der Waals surface area (Å²) in [5.74, 6) is 0. The van der Waals surface area contributed by atoms with E-state index in [1.54, 1.807) is 0 Å². The van der Waals surface area contributed by atoms with E-state index < -0.39 is 0 Å². The van der Waals surface area contributed by atoms with Gasteiger partial charge in [-0.2, -0.15) is 29.3 Å². The van der Waals surface area contributed by atoms with Gasteiger partial charge in [0.2, 0.25) is 0 Å². The summed E-state index contributed by atoms with van der Waals surface area (Å²) >= 11 is 1.46. The monoisotopic (exact) mass is 856 g/mol. The molecule has 0 aromatic heterocycles. The first-order valence-electron chi connectivity index (χ1n) is 19.7. The molecule has 3 aliphatic carbocycles. The Bertz CT molecular complexity index is 2080. The molecule has 0 fully saturated rings. The number of hydrogen-bond donors (Lipinski definition) is 0. The molecule has 0 spiro atoms. The zero-order valence-electron chi connectivity index (χ0n) is 35.9. The van der Waals surface area contributed by atoms with Gasteiger partial charge in [-0.1, -0.05) is 83.6 Å². The molecule has 0 amide bonds. The van der Waals surface area contributed by atoms with Crippen LogP contribution in [0.2, 0.25) is 0 Å². The van der Waals surface area contributed by atoms with Gasteiger partial charge in [0.05, 0.1) is 0 Å². The minimum absolute atomic E-state index is 0. The Kier molecular flexibility index (Phi) is 13.7. The van der Waals surface area contributed by atoms with Gasteiger partial charge >= 0.3 is 151 Å². The molecule has 0 bridgehead atoms. The van der Waals surface area contributed by atoms with Crippen LogP contribution in [0.5, 0.6) is 0 Å². The van der Waals surface area contributed by atoms with Crippen LogP contribution in [-0.2, 0) is 57.7 Å². The van der Waals surface area contributed by atoms with Gasteiger partial charge in [0.15, 0.2) is 0 Å². The summed E-state index contributed by atoms with van der Waals surface area (Å²) in [6.07, 6.45) is 11.4. The van der Waals surface area contributed by atoms with Gasteiger partial charge in [-0.25, -0.2) is 12.1 Å². The van der Waals surface area contributed by atoms with Gasteiger partial charge in [-0.3, -0.25) is 6.08 Å². The van der Waals surface area contributed by atoms with Crippen LogP contribution in [0.4, 0.5) is 0 Å². The third-order valence-corrected chi connectivity index (χ3v) is 12.9. The van der Waals surface area contributed by atoms with Crippen molar-refractivity contribution >= 4 is 15.4 Å². The molecule has 0 heterocycles. The second-order valence-electron chi connectivity index (χ2n) is 19.8. The van der Waals surface area contributed by atoms with Crippen LogP contribution >= 0.6 is 0 Å². The Morgan fingerprint density at radius 2 is 1.07 bits per heavy atom. The van der Waals surface area contributed by atoms with Crippen molar-refractivity contribution < 1.29 is 49.0 Å². The number of allylic oxidation sites excluding steroid dienone is 2. The zero-order chi connectivity index (χ0) is 39.4. The molecule has 0 atom stereocenters. The van der Waals surface area contributed by atoms with Crippen molar-refractivity contribution in [3.8, 4) is 11.1 Å². The van der Waals surface area contributed by atoms with E-state index in [0.29, 0.717) is 5.41 Å². The molecule has 5 aromatic rings. The maximum atomic E-state index is 3.50. The first-order chi connectivity index (χ1) is 25.0. The predicted octanol–water partition coefficient (Wildman–Crippen LogP) is 7.78. The fourth-order valence-corrected chi connectivity index (χ4v) is 8.54. The fraction of sp³-hybridized carbons (Fsp3) is 0.358. The Balaban J connectivity index is 0.000000199. The molecule has 8 rings (SSSR count). The molecule has 0 unspecified atom stereocenters. The molecule has 3 heteroatoms. The molecule has 0 nitrogen and oxygen atoms in total. The van der Waals surface area contributed by atoms with E-state index in [1.165, 1.54) is 99.8 Å². The second-order valence-corrected chi connectivity index (χ2v) is 21.0. The van der Waals surface area contributed by atoms with E-state index in [2.05, 4.69) is 211 Å². The molecule has 0 N–H and O–H groups in total. The average Bonchev–Trinajstić information content (AvgIpc) is 3.88. The van der Waals surface area contributed by atoms with Crippen molar-refractivity contribution in [3.05, 3.63) is 170 Å². The van der Waals surface area contributed by atoms with Gasteiger partial charge in [0.1, 0.15) is 0 Å². The summed E-state index contributed by atoms with van der Waals surface area (Å²) in [4.78, 5) is 0. The van der Waals surface area contributed by atoms with E-state index >= 15 is 0 Å². The number of hydrogen-bond acceptors (Lipinski definition) is 0. The maximum absolute atomic E-state index is 3.50. The Morgan fingerprint density at radius 1 is 0.607 bits per heavy atom. The normalized spacial score (nSPS) is 15.1. The van der Waals surface area contributed by atoms with E-state index in [4.69, 9.17) is 0 Å². The third-order valence-electron chi connectivity index (χ3n) is 11.5. The van der Waals surface area contributed by atoms with Gasteiger partial charge < -0.3 is 24.8 Å². The molecular formula is C53H60Cl2Zr-2. The van der Waals surface area contributed by atoms with Crippen LogP contribution in [-0.4, -0.2) is 3.21 Å². The molecule has 0 saturated heterocycles. The van der Waals surface area contributed by atoms with E-state index in [0.717, 1.165) is 6.42 Å². The quantitative estimate of drug-likeness (QED) is 0.156. The van der Waals surface area contributed by atoms with Crippen molar-refractivity contribution in [3.63, 3.8) is 0 Å². The van der Waals surface area contributed by atoms with Crippen LogP contribution in [0.3, 0.4) is 0 Å². The molecular weight excluding hydrogens is 799 g/mol. The maximum Gasteiger partial charge on any atom is 0.00846 e. The fourth-order valence-electron chi connectivity index (χ4n) is 7.72. The third kappa shape index (κ3) is 9.83. The summed E-state index contributed by atoms with van der Waals surface area (Å²) in [5, 5.41) is 0. The summed E-state index contributed by atoms with van der Waals surface area (Å²) in [5.41, 5.74) is 19.3. The number of benzene rings is 4. The number of halogens is 2. The van der Waals surface area contributed by atoms with Crippen LogP contribution in [0.15, 0.2) is 103 Å². The van der Waals surface area contributed by atoms with E-state index in [1.807, 2.05) is 0 Å². The first-order valence-corrected chi connectivity index (χ1v) is 21.0. The molecule has 3 aliphatic rings. The molecule has 0 aliphatic heterocycles. The van der Waals surface area contributed by atoms with Crippen molar-refractivity contribution in [1.82, 2.24) is 0 Å². The summed E-state index contributed by atoms with van der Waals surface area (Å²) < 4.78 is 1.42. The molecule has 0 radical (unpaired) electrons. The van der Waals surface area contributed by atoms with Crippen LogP contribution < -0.4 is 24.8 Å². The van der Waals surface area contributed by atoms with Gasteiger partial charge in [-0.15, -0.1) is 11.6 Å². The summed E-state index contributed by atoms with van der Waals surface area (Å²) in [7, 11) is 0. The number of fused-ring (bicyclic) bond motifs is 5. The largest absolute Gasteiger partial charge is 1.00 e. The van der Waals surface area contributed by atoms with Gasteiger partial charge in [0.25, 0.3) is 0 Å². The minimum Gasteiger partial charge on any atom is -1.00 e. The van der Waals surface area contributed by atoms with Crippen molar-refractivity contribution in [2.45, 2.75) is 124 Å². The van der Waals surface area contributed by atoms with E-state index in [-0.39, 0.29) is 46.5 Å². The Labute approximate surface area is 366 Å². The number of rotatable bonds is 2. The second kappa shape index (κ2) is 16.7. The molecule has 292 valence electrons. The van der Waals surface area contributed by atoms with Gasteiger partial charge in [0, 0.05) is 5.41 Å². The standard InChI is InChI=1S/C23H21.C21H26.C9H13.2ClH.Zr/c1-22(2)7-5-14-10-18-16(12-20(14)22)9-17-13-21-15(11-19(17)18)6-8-23(21,3)4;1-20(2,3)18-11-7-16(8-12-18)15-17-9-13-19(14-10-17)21(4,5)6;1-9(2,3)8-6-4-5-7-8;;;/h5-7,10-13H,9H2,1-4H3;7-14H,1-6H3;4-7H,1-3H3;2*1H;/q-1;;-1;;;+2/p-2. The predicted molar refractivity (Wildman–Crippen MR) is 232 cm³/mol. The first kappa shape index (κ1) is 45.7. The smallest absolute Gasteiger partial charge is 0.00846 e.